The average Bonchev–Trinajstić information content (AvgIpc) is 2.73. The Kier molecular flexibility index (Phi) is 6.54. The molecule has 0 aromatic heterocycles. The Bertz CT molecular complexity index is 621. The first kappa shape index (κ1) is 20.2. The van der Waals surface area contributed by atoms with Gasteiger partial charge in [-0.25, -0.2) is 0 Å². The molecule has 6 heteroatoms. The van der Waals surface area contributed by atoms with E-state index in [-0.39, 0.29) is 5.12 Å². The van der Waals surface area contributed by atoms with E-state index in [9.17, 15) is 4.79 Å². The van der Waals surface area contributed by atoms with Crippen molar-refractivity contribution < 1.29 is 18.8 Å². The number of thioether (sulfide) groups is 1. The number of benzene rings is 1. The molecule has 4 nitrogen and oxygen atoms in total. The summed E-state index contributed by atoms with van der Waals surface area (Å²) in [4.78, 5) is 11.4. The van der Waals surface area contributed by atoms with Gasteiger partial charge in [-0.15, -0.1) is 0 Å². The number of methoxy groups -OCH3 is 1. The van der Waals surface area contributed by atoms with E-state index in [2.05, 4.69) is 6.08 Å². The minimum absolute atomic E-state index is 0.0814. The van der Waals surface area contributed by atoms with Crippen LogP contribution in [-0.2, 0) is 25.4 Å². The lowest BCUT2D eigenvalue weighted by Gasteiger charge is -2.32. The van der Waals surface area contributed by atoms with Crippen LogP contribution in [0.3, 0.4) is 0 Å². The lowest BCUT2D eigenvalue weighted by Crippen LogP contribution is -2.41. The highest BCUT2D eigenvalue weighted by Gasteiger charge is 2.52. The van der Waals surface area contributed by atoms with Gasteiger partial charge in [-0.05, 0) is 44.3 Å². The third-order valence-electron chi connectivity index (χ3n) is 4.64. The van der Waals surface area contributed by atoms with Crippen LogP contribution >= 0.6 is 11.8 Å². The summed E-state index contributed by atoms with van der Waals surface area (Å²) in [6.07, 6.45) is 2.05. The average molecular weight is 362 g/mol. The molecule has 136 valence electrons. The van der Waals surface area contributed by atoms with E-state index in [0.717, 1.165) is 16.6 Å². The van der Waals surface area contributed by atoms with Gasteiger partial charge >= 0.3 is 7.12 Å². The number of ether oxygens (including phenoxy) is 1. The van der Waals surface area contributed by atoms with Crippen LogP contribution in [0.5, 0.6) is 0 Å². The predicted octanol–water partition coefficient (Wildman–Crippen LogP) is 4.13. The molecule has 25 heavy (non-hydrogen) atoms. The largest absolute Gasteiger partial charge is 0.491 e. The zero-order valence-corrected chi connectivity index (χ0v) is 16.7. The fourth-order valence-corrected chi connectivity index (χ4v) is 3.04. The lowest BCUT2D eigenvalue weighted by molar-refractivity contribution is -0.109. The molecule has 0 aliphatic carbocycles. The molecule has 0 saturated carbocycles. The second-order valence-electron chi connectivity index (χ2n) is 7.26. The number of rotatable bonds is 6. The van der Waals surface area contributed by atoms with Crippen molar-refractivity contribution in [2.45, 2.75) is 52.4 Å². The molecule has 0 spiro atoms. The first-order chi connectivity index (χ1) is 11.6. The molecule has 1 fully saturated rings. The van der Waals surface area contributed by atoms with Crippen molar-refractivity contribution in [3.8, 4) is 0 Å². The van der Waals surface area contributed by atoms with Crippen molar-refractivity contribution in [1.29, 1.82) is 0 Å². The summed E-state index contributed by atoms with van der Waals surface area (Å²) >= 11 is 1.27. The molecule has 0 atom stereocenters. The molecule has 0 radical (unpaired) electrons. The van der Waals surface area contributed by atoms with Crippen molar-refractivity contribution in [2.24, 2.45) is 0 Å². The summed E-state index contributed by atoms with van der Waals surface area (Å²) in [6, 6.07) is 8.15. The van der Waals surface area contributed by atoms with Crippen molar-refractivity contribution in [1.82, 2.24) is 0 Å². The van der Waals surface area contributed by atoms with Crippen LogP contribution in [-0.4, -0.2) is 36.3 Å². The lowest BCUT2D eigenvalue weighted by atomic mass is 9.78. The van der Waals surface area contributed by atoms with Gasteiger partial charge in [0.15, 0.2) is 5.12 Å². The third-order valence-corrected chi connectivity index (χ3v) is 5.53. The van der Waals surface area contributed by atoms with E-state index in [1.165, 1.54) is 11.8 Å². The normalized spacial score (nSPS) is 19.3. The highest BCUT2D eigenvalue weighted by Crippen LogP contribution is 2.39. The molecule has 1 heterocycles. The van der Waals surface area contributed by atoms with Crippen LogP contribution < -0.4 is 0 Å². The van der Waals surface area contributed by atoms with Crippen LogP contribution in [0.25, 0.3) is 6.08 Å². The topological polar surface area (TPSA) is 44.8 Å². The maximum atomic E-state index is 11.4. The molecule has 0 unspecified atom stereocenters. The van der Waals surface area contributed by atoms with Crippen LogP contribution in [0, 0.1) is 0 Å². The molecule has 1 aromatic carbocycles. The van der Waals surface area contributed by atoms with Gasteiger partial charge in [0.2, 0.25) is 0 Å². The minimum atomic E-state index is -0.449. The van der Waals surface area contributed by atoms with Gasteiger partial charge in [-0.2, -0.15) is 0 Å². The molecule has 0 amide bonds. The van der Waals surface area contributed by atoms with Crippen LogP contribution in [0.1, 0.15) is 45.7 Å². The summed E-state index contributed by atoms with van der Waals surface area (Å²) in [5.74, 6) is 0.548. The minimum Gasteiger partial charge on any atom is -0.400 e. The number of hydrogen-bond acceptors (Lipinski definition) is 5. The van der Waals surface area contributed by atoms with Gasteiger partial charge in [-0.3, -0.25) is 4.79 Å². The quantitative estimate of drug-likeness (QED) is 0.712. The number of carbonyl (C=O) groups is 1. The van der Waals surface area contributed by atoms with Gasteiger partial charge in [-0.1, -0.05) is 42.1 Å². The maximum absolute atomic E-state index is 11.4. The van der Waals surface area contributed by atoms with Crippen molar-refractivity contribution in [2.75, 3.05) is 12.9 Å². The molecule has 2 rings (SSSR count). The van der Waals surface area contributed by atoms with E-state index in [1.807, 2.05) is 52.0 Å². The Morgan fingerprint density at radius 3 is 2.20 bits per heavy atom. The van der Waals surface area contributed by atoms with Gasteiger partial charge in [0.05, 0.1) is 17.8 Å². The highest BCUT2D eigenvalue weighted by atomic mass is 32.2. The monoisotopic (exact) mass is 362 g/mol. The first-order valence-corrected chi connectivity index (χ1v) is 9.40. The zero-order chi connectivity index (χ0) is 18.7. The molecular formula is C19H27BO4S. The van der Waals surface area contributed by atoms with E-state index >= 15 is 0 Å². The Morgan fingerprint density at radius 1 is 1.16 bits per heavy atom. The second kappa shape index (κ2) is 8.08. The van der Waals surface area contributed by atoms with Gasteiger partial charge < -0.3 is 14.0 Å². The number of hydrogen-bond donors (Lipinski definition) is 0. The zero-order valence-electron chi connectivity index (χ0n) is 15.9. The Balaban J connectivity index is 2.25. The van der Waals surface area contributed by atoms with E-state index in [1.54, 1.807) is 14.0 Å². The van der Waals surface area contributed by atoms with Crippen LogP contribution in [0.4, 0.5) is 0 Å². The maximum Gasteiger partial charge on any atom is 0.491 e. The summed E-state index contributed by atoms with van der Waals surface area (Å²) in [6.45, 7) is 10.3. The summed E-state index contributed by atoms with van der Waals surface area (Å²) in [5, 5.41) is 0.0814. The van der Waals surface area contributed by atoms with Crippen LogP contribution in [0.15, 0.2) is 29.7 Å². The molecule has 0 bridgehead atoms. The van der Waals surface area contributed by atoms with Crippen molar-refractivity contribution in [3.05, 3.63) is 40.9 Å². The molecule has 1 aromatic rings. The Labute approximate surface area is 155 Å². The second-order valence-corrected chi connectivity index (χ2v) is 8.41. The van der Waals surface area contributed by atoms with Crippen molar-refractivity contribution in [3.63, 3.8) is 0 Å². The summed E-state index contributed by atoms with van der Waals surface area (Å²) in [7, 11) is 1.24. The molecule has 1 aliphatic rings. The Morgan fingerprint density at radius 2 is 1.72 bits per heavy atom. The smallest absolute Gasteiger partial charge is 0.400 e. The standard InChI is InChI=1S/C19H27BO4S/c1-14(21)25-13-17(20-23-18(2,3)19(4,5)24-20)11-15-7-9-16(10-8-15)12-22-6/h7-11H,12-13H2,1-6H3. The van der Waals surface area contributed by atoms with Crippen molar-refractivity contribution >= 4 is 30.1 Å². The third kappa shape index (κ3) is 5.20. The van der Waals surface area contributed by atoms with E-state index < -0.39 is 18.3 Å². The first-order valence-electron chi connectivity index (χ1n) is 8.42. The predicted molar refractivity (Wildman–Crippen MR) is 104 cm³/mol. The van der Waals surface area contributed by atoms with Gasteiger partial charge in [0, 0.05) is 19.8 Å². The molecule has 0 N–H and O–H groups in total. The van der Waals surface area contributed by atoms with Gasteiger partial charge in [0.1, 0.15) is 0 Å². The van der Waals surface area contributed by atoms with Gasteiger partial charge in [0.25, 0.3) is 0 Å². The van der Waals surface area contributed by atoms with E-state index in [0.29, 0.717) is 12.4 Å². The molecular weight excluding hydrogens is 335 g/mol. The summed E-state index contributed by atoms with van der Waals surface area (Å²) < 4.78 is 17.5. The van der Waals surface area contributed by atoms with E-state index in [4.69, 9.17) is 14.0 Å². The molecule has 1 saturated heterocycles. The van der Waals surface area contributed by atoms with Crippen LogP contribution in [0.2, 0.25) is 0 Å². The highest BCUT2D eigenvalue weighted by molar-refractivity contribution is 8.13. The fraction of sp³-hybridized carbons (Fsp3) is 0.526. The summed E-state index contributed by atoms with van der Waals surface area (Å²) in [5.41, 5.74) is 2.32. The Hall–Kier alpha value is -1.08. The SMILES string of the molecule is COCc1ccc(C=C(CSC(C)=O)B2OC(C)(C)C(C)(C)O2)cc1. The number of carbonyl (C=O) groups excluding carboxylic acids is 1. The fourth-order valence-electron chi connectivity index (χ4n) is 2.45. The molecule has 1 aliphatic heterocycles.